The Bertz CT molecular complexity index is 805. The number of imidazole rings is 1. The van der Waals surface area contributed by atoms with Gasteiger partial charge in [-0.2, -0.15) is 0 Å². The molecule has 0 fully saturated rings. The van der Waals surface area contributed by atoms with Crippen LogP contribution in [0, 0.1) is 0 Å². The first-order valence-electron chi connectivity index (χ1n) is 8.90. The van der Waals surface area contributed by atoms with Crippen LogP contribution in [0.15, 0.2) is 29.6 Å². The van der Waals surface area contributed by atoms with Crippen LogP contribution in [0.25, 0.3) is 16.0 Å². The molecule has 0 unspecified atom stereocenters. The number of carbonyl (C=O) groups is 1. The van der Waals surface area contributed by atoms with E-state index in [0.29, 0.717) is 6.42 Å². The molecule has 0 aliphatic heterocycles. The van der Waals surface area contributed by atoms with Crippen LogP contribution in [-0.4, -0.2) is 21.8 Å². The van der Waals surface area contributed by atoms with Crippen molar-refractivity contribution in [3.8, 4) is 0 Å². The number of unbranched alkanes of at least 4 members (excludes halogenated alkanes) is 5. The van der Waals surface area contributed by atoms with Crippen molar-refractivity contribution in [1.29, 1.82) is 0 Å². The summed E-state index contributed by atoms with van der Waals surface area (Å²) in [5, 5.41) is 5.09. The number of carbonyl (C=O) groups excluding carboxylic acids is 1. The van der Waals surface area contributed by atoms with Crippen molar-refractivity contribution in [3.05, 3.63) is 35.3 Å². The first kappa shape index (κ1) is 17.0. The van der Waals surface area contributed by atoms with E-state index in [-0.39, 0.29) is 5.91 Å². The maximum absolute atomic E-state index is 12.2. The van der Waals surface area contributed by atoms with Crippen molar-refractivity contribution >= 4 is 33.2 Å². The molecular weight excluding hydrogens is 318 g/mol. The predicted molar refractivity (Wildman–Crippen MR) is 101 cm³/mol. The van der Waals surface area contributed by atoms with Gasteiger partial charge in [0.15, 0.2) is 4.96 Å². The highest BCUT2D eigenvalue weighted by atomic mass is 32.1. The number of thiazole rings is 1. The number of rotatable bonds is 9. The molecule has 3 aromatic rings. The Balaban J connectivity index is 1.52. The summed E-state index contributed by atoms with van der Waals surface area (Å²) < 4.78 is 2.10. The van der Waals surface area contributed by atoms with Gasteiger partial charge in [-0.3, -0.25) is 9.20 Å². The lowest BCUT2D eigenvalue weighted by molar-refractivity contribution is -0.120. The van der Waals surface area contributed by atoms with Crippen LogP contribution in [0.3, 0.4) is 0 Å². The zero-order valence-corrected chi connectivity index (χ0v) is 15.1. The van der Waals surface area contributed by atoms with Crippen molar-refractivity contribution in [2.45, 2.75) is 51.9 Å². The van der Waals surface area contributed by atoms with Crippen LogP contribution in [0.2, 0.25) is 0 Å². The summed E-state index contributed by atoms with van der Waals surface area (Å²) in [5.41, 5.74) is 3.08. The van der Waals surface area contributed by atoms with Crippen LogP contribution in [-0.2, 0) is 11.2 Å². The van der Waals surface area contributed by atoms with Crippen molar-refractivity contribution in [2.24, 2.45) is 0 Å². The van der Waals surface area contributed by atoms with Gasteiger partial charge in [0.1, 0.15) is 0 Å². The zero-order valence-electron chi connectivity index (χ0n) is 14.3. The van der Waals surface area contributed by atoms with E-state index in [1.165, 1.54) is 32.1 Å². The summed E-state index contributed by atoms with van der Waals surface area (Å²) in [4.78, 5) is 17.8. The predicted octanol–water partition coefficient (Wildman–Crippen LogP) is 4.57. The normalized spacial score (nSPS) is 11.4. The molecule has 0 spiro atoms. The fourth-order valence-electron chi connectivity index (χ4n) is 3.01. The van der Waals surface area contributed by atoms with Gasteiger partial charge in [-0.1, -0.05) is 51.2 Å². The number of nitrogens with zero attached hydrogens (tertiary/aromatic N) is 2. The Morgan fingerprint density at radius 2 is 1.96 bits per heavy atom. The zero-order chi connectivity index (χ0) is 16.8. The Kier molecular flexibility index (Phi) is 5.86. The first-order chi connectivity index (χ1) is 11.8. The molecular formula is C19H25N3OS. The topological polar surface area (TPSA) is 46.4 Å². The van der Waals surface area contributed by atoms with Crippen molar-refractivity contribution in [1.82, 2.24) is 14.7 Å². The van der Waals surface area contributed by atoms with E-state index in [9.17, 15) is 4.79 Å². The van der Waals surface area contributed by atoms with Gasteiger partial charge in [0, 0.05) is 17.6 Å². The third-order valence-corrected chi connectivity index (χ3v) is 5.19. The van der Waals surface area contributed by atoms with Gasteiger partial charge in [0.25, 0.3) is 0 Å². The molecule has 2 heterocycles. The summed E-state index contributed by atoms with van der Waals surface area (Å²) in [6.45, 7) is 3.01. The summed E-state index contributed by atoms with van der Waals surface area (Å²) >= 11 is 1.59. The number of hydrogen-bond donors (Lipinski definition) is 1. The number of aromatic nitrogens is 2. The molecule has 128 valence electrons. The monoisotopic (exact) mass is 343 g/mol. The van der Waals surface area contributed by atoms with Gasteiger partial charge in [0.2, 0.25) is 5.91 Å². The van der Waals surface area contributed by atoms with Crippen molar-refractivity contribution in [3.63, 3.8) is 0 Å². The molecule has 5 heteroatoms. The molecule has 0 saturated heterocycles. The van der Waals surface area contributed by atoms with Gasteiger partial charge >= 0.3 is 0 Å². The SMILES string of the molecule is CCCCCCCCNC(=O)Cc1csc2nc3ccccc3n12. The lowest BCUT2D eigenvalue weighted by atomic mass is 10.1. The van der Waals surface area contributed by atoms with E-state index in [2.05, 4.69) is 27.7 Å². The van der Waals surface area contributed by atoms with E-state index in [0.717, 1.165) is 34.7 Å². The van der Waals surface area contributed by atoms with Crippen LogP contribution in [0.4, 0.5) is 0 Å². The molecule has 0 atom stereocenters. The molecule has 1 amide bonds. The molecule has 24 heavy (non-hydrogen) atoms. The van der Waals surface area contributed by atoms with Gasteiger partial charge < -0.3 is 5.32 Å². The second-order valence-electron chi connectivity index (χ2n) is 6.24. The highest BCUT2D eigenvalue weighted by Gasteiger charge is 2.12. The first-order valence-corrected chi connectivity index (χ1v) is 9.78. The van der Waals surface area contributed by atoms with Gasteiger partial charge in [-0.25, -0.2) is 4.98 Å². The number of para-hydroxylation sites is 2. The molecule has 0 aliphatic rings. The van der Waals surface area contributed by atoms with Gasteiger partial charge in [0.05, 0.1) is 17.5 Å². The summed E-state index contributed by atoms with van der Waals surface area (Å²) in [6.07, 6.45) is 7.86. The highest BCUT2D eigenvalue weighted by Crippen LogP contribution is 2.23. The second-order valence-corrected chi connectivity index (χ2v) is 7.08. The molecule has 0 aliphatic carbocycles. The molecule has 2 aromatic heterocycles. The average Bonchev–Trinajstić information content (AvgIpc) is 3.14. The molecule has 0 radical (unpaired) electrons. The minimum Gasteiger partial charge on any atom is -0.356 e. The Morgan fingerprint density at radius 3 is 2.83 bits per heavy atom. The molecule has 0 saturated carbocycles. The smallest absolute Gasteiger partial charge is 0.225 e. The van der Waals surface area contributed by atoms with Crippen molar-refractivity contribution < 1.29 is 4.79 Å². The van der Waals surface area contributed by atoms with E-state index in [1.807, 2.05) is 23.6 Å². The summed E-state index contributed by atoms with van der Waals surface area (Å²) in [5.74, 6) is 0.0982. The molecule has 0 bridgehead atoms. The van der Waals surface area contributed by atoms with Crippen molar-refractivity contribution in [2.75, 3.05) is 6.54 Å². The highest BCUT2D eigenvalue weighted by molar-refractivity contribution is 7.15. The van der Waals surface area contributed by atoms with Crippen LogP contribution in [0.5, 0.6) is 0 Å². The average molecular weight is 343 g/mol. The Morgan fingerprint density at radius 1 is 1.17 bits per heavy atom. The maximum Gasteiger partial charge on any atom is 0.225 e. The van der Waals surface area contributed by atoms with E-state index in [1.54, 1.807) is 11.3 Å². The Hall–Kier alpha value is -1.88. The molecule has 3 rings (SSSR count). The molecule has 1 aromatic carbocycles. The fourth-order valence-corrected chi connectivity index (χ4v) is 3.92. The standard InChI is InChI=1S/C19H25N3OS/c1-2-3-4-5-6-9-12-20-18(23)13-15-14-24-19-21-16-10-7-8-11-17(16)22(15)19/h7-8,10-11,14H,2-6,9,12-13H2,1H3,(H,20,23). The number of fused-ring (bicyclic) bond motifs is 3. The van der Waals surface area contributed by atoms with E-state index in [4.69, 9.17) is 0 Å². The minimum absolute atomic E-state index is 0.0982. The fraction of sp³-hybridized carbons (Fsp3) is 0.474. The van der Waals surface area contributed by atoms with E-state index >= 15 is 0 Å². The summed E-state index contributed by atoms with van der Waals surface area (Å²) in [7, 11) is 0. The van der Waals surface area contributed by atoms with Gasteiger partial charge in [-0.15, -0.1) is 11.3 Å². The quantitative estimate of drug-likeness (QED) is 0.579. The number of benzene rings is 1. The molecule has 4 nitrogen and oxygen atoms in total. The summed E-state index contributed by atoms with van der Waals surface area (Å²) in [6, 6.07) is 8.07. The number of amides is 1. The van der Waals surface area contributed by atoms with Crippen LogP contribution in [0.1, 0.15) is 51.1 Å². The Labute approximate surface area is 146 Å². The lowest BCUT2D eigenvalue weighted by Crippen LogP contribution is -2.26. The minimum atomic E-state index is 0.0982. The van der Waals surface area contributed by atoms with Crippen LogP contribution < -0.4 is 5.32 Å². The maximum atomic E-state index is 12.2. The number of nitrogens with one attached hydrogen (secondary N) is 1. The van der Waals surface area contributed by atoms with Gasteiger partial charge in [-0.05, 0) is 18.6 Å². The largest absolute Gasteiger partial charge is 0.356 e. The third kappa shape index (κ3) is 3.96. The second kappa shape index (κ2) is 8.29. The van der Waals surface area contributed by atoms with Crippen LogP contribution >= 0.6 is 11.3 Å². The van der Waals surface area contributed by atoms with E-state index < -0.39 is 0 Å². The lowest BCUT2D eigenvalue weighted by Gasteiger charge is -2.05. The number of hydrogen-bond acceptors (Lipinski definition) is 3. The third-order valence-electron chi connectivity index (χ3n) is 4.31. The molecule has 1 N–H and O–H groups in total.